The van der Waals surface area contributed by atoms with Crippen molar-refractivity contribution in [1.82, 2.24) is 20.2 Å². The van der Waals surface area contributed by atoms with Crippen molar-refractivity contribution in [3.05, 3.63) is 78.8 Å². The van der Waals surface area contributed by atoms with Gasteiger partial charge < -0.3 is 10.3 Å². The molecule has 0 aliphatic rings. The Kier molecular flexibility index (Phi) is 3.69. The van der Waals surface area contributed by atoms with E-state index in [0.29, 0.717) is 5.56 Å². The first-order valence-electron chi connectivity index (χ1n) is 9.45. The van der Waals surface area contributed by atoms with Gasteiger partial charge in [0, 0.05) is 31.8 Å². The summed E-state index contributed by atoms with van der Waals surface area (Å²) < 4.78 is 1.22. The fourth-order valence-corrected chi connectivity index (χ4v) is 4.80. The van der Waals surface area contributed by atoms with Gasteiger partial charge in [0.05, 0.1) is 29.1 Å². The minimum atomic E-state index is -0.176. The first kappa shape index (κ1) is 16.9. The number of imidazole rings is 1. The molecule has 0 aliphatic carbocycles. The van der Waals surface area contributed by atoms with Crippen LogP contribution in [-0.2, 0) is 0 Å². The maximum absolute atomic E-state index is 12.9. The van der Waals surface area contributed by atoms with E-state index in [1.54, 1.807) is 36.0 Å². The SMILES string of the molecule is O=C(Nc1cc(-c2cc3ccccc3s2)c2[nH]ncc2c1)c1ccc2[nH]cnc2c1. The molecule has 3 aromatic carbocycles. The van der Waals surface area contributed by atoms with Crippen molar-refractivity contribution >= 4 is 55.0 Å². The van der Waals surface area contributed by atoms with Gasteiger partial charge in [-0.3, -0.25) is 9.89 Å². The van der Waals surface area contributed by atoms with Gasteiger partial charge in [-0.05, 0) is 47.9 Å². The molecule has 6 nitrogen and oxygen atoms in total. The summed E-state index contributed by atoms with van der Waals surface area (Å²) in [4.78, 5) is 21.3. The Morgan fingerprint density at radius 3 is 2.87 bits per heavy atom. The number of hydrogen-bond acceptors (Lipinski definition) is 4. The lowest BCUT2D eigenvalue weighted by Gasteiger charge is -2.08. The van der Waals surface area contributed by atoms with E-state index < -0.39 is 0 Å². The number of carbonyl (C=O) groups excluding carboxylic acids is 1. The van der Waals surface area contributed by atoms with E-state index in [9.17, 15) is 4.79 Å². The van der Waals surface area contributed by atoms with Crippen molar-refractivity contribution in [3.8, 4) is 10.4 Å². The number of thiophene rings is 1. The van der Waals surface area contributed by atoms with Crippen LogP contribution in [0, 0.1) is 0 Å². The third-order valence-corrected chi connectivity index (χ3v) is 6.33. The van der Waals surface area contributed by atoms with Crippen molar-refractivity contribution in [2.75, 3.05) is 5.32 Å². The van der Waals surface area contributed by atoms with E-state index in [2.05, 4.69) is 43.7 Å². The third-order valence-electron chi connectivity index (χ3n) is 5.18. The fraction of sp³-hybridized carbons (Fsp3) is 0. The lowest BCUT2D eigenvalue weighted by atomic mass is 10.1. The smallest absolute Gasteiger partial charge is 0.255 e. The summed E-state index contributed by atoms with van der Waals surface area (Å²) in [5.74, 6) is -0.176. The van der Waals surface area contributed by atoms with Crippen molar-refractivity contribution in [3.63, 3.8) is 0 Å². The van der Waals surface area contributed by atoms with Crippen LogP contribution < -0.4 is 5.32 Å². The highest BCUT2D eigenvalue weighted by Gasteiger charge is 2.14. The van der Waals surface area contributed by atoms with Gasteiger partial charge in [-0.2, -0.15) is 5.10 Å². The molecule has 0 bridgehead atoms. The molecule has 0 saturated heterocycles. The molecule has 3 heterocycles. The van der Waals surface area contributed by atoms with Gasteiger partial charge in [0.1, 0.15) is 0 Å². The largest absolute Gasteiger partial charge is 0.345 e. The molecule has 0 spiro atoms. The molecule has 0 fully saturated rings. The lowest BCUT2D eigenvalue weighted by molar-refractivity contribution is 0.102. The molecule has 3 N–H and O–H groups in total. The monoisotopic (exact) mass is 409 g/mol. The minimum absolute atomic E-state index is 0.176. The summed E-state index contributed by atoms with van der Waals surface area (Å²) in [5.41, 5.74) is 4.92. The second kappa shape index (κ2) is 6.53. The number of nitrogens with one attached hydrogen (secondary N) is 3. The predicted molar refractivity (Wildman–Crippen MR) is 121 cm³/mol. The van der Waals surface area contributed by atoms with E-state index in [1.165, 1.54) is 10.1 Å². The Hall–Kier alpha value is -3.97. The molecule has 0 unspecified atom stereocenters. The number of hydrogen-bond donors (Lipinski definition) is 3. The normalized spacial score (nSPS) is 11.5. The molecule has 6 rings (SSSR count). The van der Waals surface area contributed by atoms with Crippen molar-refractivity contribution in [2.24, 2.45) is 0 Å². The van der Waals surface area contributed by atoms with Crippen LogP contribution in [-0.4, -0.2) is 26.1 Å². The van der Waals surface area contributed by atoms with Crippen LogP contribution in [0.2, 0.25) is 0 Å². The van der Waals surface area contributed by atoms with Crippen LogP contribution in [0.3, 0.4) is 0 Å². The van der Waals surface area contributed by atoms with Gasteiger partial charge in [0.2, 0.25) is 0 Å². The van der Waals surface area contributed by atoms with E-state index in [4.69, 9.17) is 0 Å². The Morgan fingerprint density at radius 2 is 1.93 bits per heavy atom. The van der Waals surface area contributed by atoms with Crippen LogP contribution in [0.25, 0.3) is 42.5 Å². The van der Waals surface area contributed by atoms with Gasteiger partial charge in [0.25, 0.3) is 5.91 Å². The Labute approximate surface area is 174 Å². The van der Waals surface area contributed by atoms with Gasteiger partial charge in [-0.1, -0.05) is 18.2 Å². The Morgan fingerprint density at radius 1 is 1.00 bits per heavy atom. The molecule has 0 atom stereocenters. The quantitative estimate of drug-likeness (QED) is 0.357. The number of rotatable bonds is 3. The summed E-state index contributed by atoms with van der Waals surface area (Å²) in [6.45, 7) is 0. The molecule has 1 amide bonds. The maximum Gasteiger partial charge on any atom is 0.255 e. The third kappa shape index (κ3) is 2.75. The standard InChI is InChI=1S/C23H15N5OS/c29-23(14-5-6-18-19(8-14)25-12-24-18)27-16-7-15-11-26-28-22(15)17(10-16)21-9-13-3-1-2-4-20(13)30-21/h1-12H,(H,24,25)(H,26,28)(H,27,29). The zero-order valence-electron chi connectivity index (χ0n) is 15.6. The number of amides is 1. The number of benzene rings is 3. The molecule has 6 aromatic rings. The van der Waals surface area contributed by atoms with E-state index in [1.807, 2.05) is 30.3 Å². The number of H-pyrrole nitrogens is 2. The number of nitrogens with zero attached hydrogens (tertiary/aromatic N) is 2. The Bertz CT molecular complexity index is 1530. The van der Waals surface area contributed by atoms with Crippen molar-refractivity contribution < 1.29 is 4.79 Å². The molecule has 0 aliphatic heterocycles. The topological polar surface area (TPSA) is 86.5 Å². The molecular weight excluding hydrogens is 394 g/mol. The van der Waals surface area contributed by atoms with Gasteiger partial charge in [-0.15, -0.1) is 11.3 Å². The summed E-state index contributed by atoms with van der Waals surface area (Å²) in [5, 5.41) is 12.5. The predicted octanol–water partition coefficient (Wildman–Crippen LogP) is 5.57. The van der Waals surface area contributed by atoms with Crippen LogP contribution in [0.4, 0.5) is 5.69 Å². The summed E-state index contributed by atoms with van der Waals surface area (Å²) in [6, 6.07) is 19.8. The minimum Gasteiger partial charge on any atom is -0.345 e. The van der Waals surface area contributed by atoms with E-state index in [-0.39, 0.29) is 5.91 Å². The molecular formula is C23H15N5OS. The first-order valence-corrected chi connectivity index (χ1v) is 10.3. The highest BCUT2D eigenvalue weighted by molar-refractivity contribution is 7.22. The highest BCUT2D eigenvalue weighted by Crippen LogP contribution is 2.38. The van der Waals surface area contributed by atoms with Crippen LogP contribution >= 0.6 is 11.3 Å². The molecule has 144 valence electrons. The van der Waals surface area contributed by atoms with Crippen LogP contribution in [0.5, 0.6) is 0 Å². The average molecular weight is 409 g/mol. The number of aromatic nitrogens is 4. The van der Waals surface area contributed by atoms with Gasteiger partial charge in [-0.25, -0.2) is 4.98 Å². The number of anilines is 1. The molecule has 3 aromatic heterocycles. The van der Waals surface area contributed by atoms with Crippen molar-refractivity contribution in [2.45, 2.75) is 0 Å². The van der Waals surface area contributed by atoms with Gasteiger partial charge in [0.15, 0.2) is 0 Å². The second-order valence-electron chi connectivity index (χ2n) is 7.10. The van der Waals surface area contributed by atoms with E-state index >= 15 is 0 Å². The average Bonchev–Trinajstić information content (AvgIpc) is 3.50. The summed E-state index contributed by atoms with van der Waals surface area (Å²) >= 11 is 1.72. The fourth-order valence-electron chi connectivity index (χ4n) is 3.71. The zero-order valence-corrected chi connectivity index (χ0v) is 16.5. The molecule has 0 radical (unpaired) electrons. The van der Waals surface area contributed by atoms with Crippen LogP contribution in [0.1, 0.15) is 10.4 Å². The first-order chi connectivity index (χ1) is 14.7. The number of carbonyl (C=O) groups is 1. The lowest BCUT2D eigenvalue weighted by Crippen LogP contribution is -2.11. The van der Waals surface area contributed by atoms with Crippen molar-refractivity contribution in [1.29, 1.82) is 0 Å². The number of fused-ring (bicyclic) bond motifs is 3. The Balaban J connectivity index is 1.41. The summed E-state index contributed by atoms with van der Waals surface area (Å²) in [7, 11) is 0. The highest BCUT2D eigenvalue weighted by atomic mass is 32.1. The molecule has 30 heavy (non-hydrogen) atoms. The maximum atomic E-state index is 12.9. The van der Waals surface area contributed by atoms with E-state index in [0.717, 1.165) is 38.1 Å². The number of aromatic amines is 2. The van der Waals surface area contributed by atoms with Gasteiger partial charge >= 0.3 is 0 Å². The van der Waals surface area contributed by atoms with Crippen LogP contribution in [0.15, 0.2) is 73.2 Å². The summed E-state index contributed by atoms with van der Waals surface area (Å²) in [6.07, 6.45) is 3.40. The zero-order chi connectivity index (χ0) is 20.1. The molecule has 7 heteroatoms. The molecule has 0 saturated carbocycles. The second-order valence-corrected chi connectivity index (χ2v) is 8.18.